The van der Waals surface area contributed by atoms with Crippen LogP contribution in [0, 0.1) is 0 Å². The predicted molar refractivity (Wildman–Crippen MR) is 215 cm³/mol. The Hall–Kier alpha value is -7.23. The van der Waals surface area contributed by atoms with Gasteiger partial charge >= 0.3 is 0 Å². The molecule has 7 rings (SSSR count). The van der Waals surface area contributed by atoms with Crippen LogP contribution in [-0.4, -0.2) is 122 Å². The Morgan fingerprint density at radius 3 is 2.31 bits per heavy atom. The Bertz CT molecular complexity index is 2410. The van der Waals surface area contributed by atoms with E-state index in [9.17, 15) is 9.59 Å². The molecule has 23 heteroatoms. The quantitative estimate of drug-likeness (QED) is 0.0395. The Morgan fingerprint density at radius 1 is 0.864 bits per heavy atom. The monoisotopic (exact) mass is 806 g/mol. The Labute approximate surface area is 336 Å². The molecule has 0 atom stereocenters. The number of anilines is 4. The van der Waals surface area contributed by atoms with E-state index in [0.717, 1.165) is 18.4 Å². The van der Waals surface area contributed by atoms with Crippen LogP contribution < -0.4 is 31.9 Å². The molecular formula is C36H42N18O5. The number of carbonyl (C=O) groups excluding carboxylic acids is 2. The average molecular weight is 807 g/mol. The number of hydrogen-bond donors (Lipinski definition) is 4. The Balaban J connectivity index is 0.720. The minimum absolute atomic E-state index is 0.0866. The van der Waals surface area contributed by atoms with Gasteiger partial charge in [-0.05, 0) is 36.6 Å². The number of azide groups is 1. The highest BCUT2D eigenvalue weighted by Crippen LogP contribution is 2.32. The lowest BCUT2D eigenvalue weighted by Crippen LogP contribution is -2.47. The van der Waals surface area contributed by atoms with E-state index in [2.05, 4.69) is 55.5 Å². The van der Waals surface area contributed by atoms with Gasteiger partial charge in [-0.25, -0.2) is 34.6 Å². The molecule has 5 aromatic heterocycles. The van der Waals surface area contributed by atoms with Gasteiger partial charge in [-0.2, -0.15) is 10.1 Å². The number of hydrogen-bond acceptors (Lipinski definition) is 18. The summed E-state index contributed by atoms with van der Waals surface area (Å²) in [6, 6.07) is 5.57. The molecule has 1 aromatic carbocycles. The predicted octanol–water partition coefficient (Wildman–Crippen LogP) is 2.40. The molecule has 1 aliphatic heterocycles. The van der Waals surface area contributed by atoms with Gasteiger partial charge in [0.15, 0.2) is 11.2 Å². The van der Waals surface area contributed by atoms with E-state index in [4.69, 9.17) is 36.0 Å². The first-order valence-corrected chi connectivity index (χ1v) is 18.9. The molecule has 1 saturated heterocycles. The maximum absolute atomic E-state index is 12.6. The number of oxazole rings is 1. The minimum atomic E-state index is -0.304. The number of nitrogens with zero attached hydrogens (tertiary/aromatic N) is 14. The summed E-state index contributed by atoms with van der Waals surface area (Å²) in [5.41, 5.74) is 24.4. The molecule has 59 heavy (non-hydrogen) atoms. The summed E-state index contributed by atoms with van der Waals surface area (Å²) in [6.45, 7) is 5.15. The molecule has 2 amide bonds. The molecule has 0 saturated carbocycles. The second-order valence-corrected chi connectivity index (χ2v) is 13.2. The molecule has 1 fully saturated rings. The van der Waals surface area contributed by atoms with Gasteiger partial charge in [-0.3, -0.25) is 9.59 Å². The van der Waals surface area contributed by atoms with Gasteiger partial charge in [0.05, 0.1) is 43.1 Å². The molecule has 6 N–H and O–H groups in total. The number of piperazine rings is 1. The van der Waals surface area contributed by atoms with Crippen molar-refractivity contribution < 1.29 is 23.5 Å². The van der Waals surface area contributed by atoms with Gasteiger partial charge < -0.3 is 45.8 Å². The highest BCUT2D eigenvalue weighted by molar-refractivity contribution is 5.99. The van der Waals surface area contributed by atoms with Crippen molar-refractivity contribution in [3.63, 3.8) is 0 Å². The lowest BCUT2D eigenvalue weighted by Gasteiger charge is -2.34. The van der Waals surface area contributed by atoms with Crippen LogP contribution in [-0.2, 0) is 20.8 Å². The number of carbonyl (C=O) groups is 2. The highest BCUT2D eigenvalue weighted by atomic mass is 16.5. The van der Waals surface area contributed by atoms with Gasteiger partial charge in [0.25, 0.3) is 11.9 Å². The van der Waals surface area contributed by atoms with Crippen LogP contribution in [0.2, 0.25) is 0 Å². The van der Waals surface area contributed by atoms with E-state index in [0.29, 0.717) is 122 Å². The third kappa shape index (κ3) is 10.2. The first-order valence-electron chi connectivity index (χ1n) is 18.9. The average Bonchev–Trinajstić information content (AvgIpc) is 3.83. The molecular weight excluding hydrogens is 765 g/mol. The van der Waals surface area contributed by atoms with Crippen molar-refractivity contribution in [1.82, 2.24) is 55.3 Å². The summed E-state index contributed by atoms with van der Waals surface area (Å²) < 4.78 is 18.3. The van der Waals surface area contributed by atoms with Crippen LogP contribution in [0.3, 0.4) is 0 Å². The van der Waals surface area contributed by atoms with E-state index >= 15 is 0 Å². The summed E-state index contributed by atoms with van der Waals surface area (Å²) in [6.07, 6.45) is 9.07. The third-order valence-corrected chi connectivity index (χ3v) is 9.26. The zero-order chi connectivity index (χ0) is 41.0. The maximum atomic E-state index is 12.6. The van der Waals surface area contributed by atoms with Gasteiger partial charge in [0.2, 0.25) is 17.8 Å². The first kappa shape index (κ1) is 40.0. The molecule has 306 valence electrons. The molecule has 6 heterocycles. The number of nitrogens with one attached hydrogen (secondary N) is 2. The standard InChI is InChI=1S/C36H42N18O5/c37-31-29-30(23-3-4-27-26(17-23)48-34(38)59-27)50-54(32(29)47-22-46-31)8-2-1-6-40-28(55)5-13-57-15-16-58-14-7-41-33(56)24-18-42-35(43-19-24)52-9-11-53(12-10-52)36-44-20-25(21-45-36)49-51-39/h3-4,17-22H,1-2,5-16H2,(H2,38,48)(H,40,55)(H,41,56)(H2,37,46,47). The summed E-state index contributed by atoms with van der Waals surface area (Å²) in [4.78, 5) is 61.7. The van der Waals surface area contributed by atoms with Crippen LogP contribution in [0.25, 0.3) is 43.8 Å². The zero-order valence-corrected chi connectivity index (χ0v) is 32.0. The summed E-state index contributed by atoms with van der Waals surface area (Å²) in [5, 5.41) is 14.6. The number of nitrogens with two attached hydrogens (primary N) is 2. The van der Waals surface area contributed by atoms with Gasteiger partial charge in [0, 0.05) is 87.5 Å². The summed E-state index contributed by atoms with van der Waals surface area (Å²) in [5.74, 6) is 0.998. The highest BCUT2D eigenvalue weighted by Gasteiger charge is 2.22. The number of unbranched alkanes of at least 4 members (excludes halogenated alkanes) is 1. The molecule has 0 spiro atoms. The number of nitrogen functional groups attached to an aromatic ring is 2. The van der Waals surface area contributed by atoms with Crippen LogP contribution in [0.15, 0.2) is 58.8 Å². The SMILES string of the molecule is [N-]=[N+]=Nc1cnc(N2CCN(c3ncc(C(=O)NCCOCCOCCC(=O)NCCCCn4nc(-c5ccc6oc(N)nc6c5)c5c(N)ncnc54)cn3)CC2)nc1. The normalized spacial score (nSPS) is 12.8. The lowest BCUT2D eigenvalue weighted by atomic mass is 10.1. The van der Waals surface area contributed by atoms with Crippen LogP contribution in [0.5, 0.6) is 0 Å². The minimum Gasteiger partial charge on any atom is -0.424 e. The maximum Gasteiger partial charge on any atom is 0.292 e. The topological polar surface area (TPSA) is 305 Å². The molecule has 0 aliphatic carbocycles. The number of amides is 2. The van der Waals surface area contributed by atoms with E-state index < -0.39 is 0 Å². The van der Waals surface area contributed by atoms with Crippen molar-refractivity contribution in [1.29, 1.82) is 0 Å². The molecule has 0 bridgehead atoms. The van der Waals surface area contributed by atoms with Crippen molar-refractivity contribution >= 4 is 63.4 Å². The fourth-order valence-electron chi connectivity index (χ4n) is 6.30. The number of benzene rings is 1. The van der Waals surface area contributed by atoms with Crippen molar-refractivity contribution in [2.75, 3.05) is 87.0 Å². The van der Waals surface area contributed by atoms with Crippen molar-refractivity contribution in [2.24, 2.45) is 5.11 Å². The molecule has 1 aliphatic rings. The smallest absolute Gasteiger partial charge is 0.292 e. The second-order valence-electron chi connectivity index (χ2n) is 13.2. The fourth-order valence-corrected chi connectivity index (χ4v) is 6.30. The molecule has 23 nitrogen and oxygen atoms in total. The first-order chi connectivity index (χ1) is 28.9. The molecule has 0 radical (unpaired) electrons. The largest absolute Gasteiger partial charge is 0.424 e. The van der Waals surface area contributed by atoms with Crippen molar-refractivity contribution in [3.05, 3.63) is 65.3 Å². The van der Waals surface area contributed by atoms with Crippen molar-refractivity contribution in [3.8, 4) is 11.3 Å². The Kier molecular flexibility index (Phi) is 13.1. The summed E-state index contributed by atoms with van der Waals surface area (Å²) in [7, 11) is 0. The second kappa shape index (κ2) is 19.3. The molecule has 0 unspecified atom stereocenters. The number of fused-ring (bicyclic) bond motifs is 2. The van der Waals surface area contributed by atoms with Gasteiger partial charge in [-0.15, -0.1) is 0 Å². The number of aromatic nitrogens is 9. The number of aryl methyl sites for hydroxylation is 1. The van der Waals surface area contributed by atoms with Crippen LogP contribution in [0.4, 0.5) is 29.4 Å². The number of ether oxygens (including phenoxy) is 2. The molecule has 6 aromatic rings. The van der Waals surface area contributed by atoms with Gasteiger partial charge in [0.1, 0.15) is 23.4 Å². The van der Waals surface area contributed by atoms with Gasteiger partial charge in [-0.1, -0.05) is 5.11 Å². The van der Waals surface area contributed by atoms with Crippen LogP contribution >= 0.6 is 0 Å². The van der Waals surface area contributed by atoms with Crippen LogP contribution in [0.1, 0.15) is 29.6 Å². The van der Waals surface area contributed by atoms with Crippen molar-refractivity contribution in [2.45, 2.75) is 25.8 Å². The number of rotatable bonds is 19. The fraction of sp³-hybridized carbons (Fsp3) is 0.389. The van der Waals surface area contributed by atoms with E-state index in [1.165, 1.54) is 31.1 Å². The summed E-state index contributed by atoms with van der Waals surface area (Å²) >= 11 is 0. The van der Waals surface area contributed by atoms with E-state index in [1.54, 1.807) is 10.7 Å². The lowest BCUT2D eigenvalue weighted by molar-refractivity contribution is -0.122. The third-order valence-electron chi connectivity index (χ3n) is 9.26. The van der Waals surface area contributed by atoms with E-state index in [-0.39, 0.29) is 30.9 Å². The Morgan fingerprint density at radius 2 is 1.58 bits per heavy atom. The van der Waals surface area contributed by atoms with E-state index in [1.807, 2.05) is 21.9 Å². The zero-order valence-electron chi connectivity index (χ0n) is 32.0.